The van der Waals surface area contributed by atoms with Crippen molar-refractivity contribution in [1.82, 2.24) is 0 Å². The third-order valence-electron chi connectivity index (χ3n) is 0.0417. The van der Waals surface area contributed by atoms with E-state index in [0.717, 1.165) is 0 Å². The fourth-order valence-electron chi connectivity index (χ4n) is 0. The molecular formula is O2Si2. The van der Waals surface area contributed by atoms with Crippen molar-refractivity contribution in [1.29, 1.82) is 0 Å². The van der Waals surface area contributed by atoms with E-state index in [1.807, 2.05) is 0 Å². The van der Waals surface area contributed by atoms with E-state index in [-0.39, 0.29) is 0 Å². The molecule has 0 aromatic heterocycles. The van der Waals surface area contributed by atoms with Crippen molar-refractivity contribution in [2.75, 3.05) is 0 Å². The average molecular weight is 88.2 g/mol. The zero-order valence-electron chi connectivity index (χ0n) is 1.82. The molecule has 4 radical (unpaired) electrons. The minimum Gasteiger partial charge on any atom is -0.574 e. The van der Waals surface area contributed by atoms with Crippen molar-refractivity contribution >= 4 is 20.1 Å². The van der Waals surface area contributed by atoms with Gasteiger partial charge in [-0.1, -0.05) is 0 Å². The van der Waals surface area contributed by atoms with Gasteiger partial charge in [-0.3, -0.25) is 0 Å². The molecule has 0 fully saturated rings. The monoisotopic (exact) mass is 87.9 g/mol. The normalized spacial score (nSPS) is 5.25. The molecule has 4 heavy (non-hydrogen) atoms. The third-order valence-corrected chi connectivity index (χ3v) is 0.375. The molecule has 0 aliphatic rings. The summed E-state index contributed by atoms with van der Waals surface area (Å²) in [5, 5.41) is 0. The summed E-state index contributed by atoms with van der Waals surface area (Å²) in [6, 6.07) is 0. The number of hydrogen-bond donors (Lipinski definition) is 0. The molecule has 0 aromatic rings. The first-order valence-corrected chi connectivity index (χ1v) is 1.84. The van der Waals surface area contributed by atoms with Gasteiger partial charge in [-0.25, -0.2) is 0 Å². The van der Waals surface area contributed by atoms with Crippen LogP contribution in [0.4, 0.5) is 0 Å². The molecule has 0 aliphatic heterocycles. The van der Waals surface area contributed by atoms with Gasteiger partial charge in [0.25, 0.3) is 0 Å². The second-order valence-electron chi connectivity index (χ2n) is 0.185. The maximum atomic E-state index is 9.06. The molecule has 20 valence electrons. The van der Waals surface area contributed by atoms with Gasteiger partial charge in [-0.2, -0.15) is 0 Å². The smallest absolute Gasteiger partial charge is 0.574 e. The summed E-state index contributed by atoms with van der Waals surface area (Å²) >= 11 is 0. The largest absolute Gasteiger partial charge is 0.578 e. The quantitative estimate of drug-likeness (QED) is 0.386. The lowest BCUT2D eigenvalue weighted by Crippen LogP contribution is -1.75. The second-order valence-corrected chi connectivity index (χ2v) is 1.17. The highest BCUT2D eigenvalue weighted by Crippen LogP contribution is 1.29. The van der Waals surface area contributed by atoms with E-state index in [0.29, 0.717) is 0 Å². The lowest BCUT2D eigenvalue weighted by atomic mass is 15.8. The Morgan fingerprint density at radius 2 is 2.25 bits per heavy atom. The summed E-state index contributed by atoms with van der Waals surface area (Å²) in [6.07, 6.45) is 0. The first kappa shape index (κ1) is 4.03. The topological polar surface area (TPSA) is 26.3 Å². The Morgan fingerprint density at radius 3 is 2.25 bits per heavy atom. The number of hydrogen-bond acceptors (Lipinski definition) is 2. The van der Waals surface area contributed by atoms with E-state index >= 15 is 0 Å². The maximum absolute atomic E-state index is 9.06. The van der Waals surface area contributed by atoms with Gasteiger partial charge in [0.1, 0.15) is 0 Å². The molecule has 0 aliphatic carbocycles. The molecule has 0 unspecified atom stereocenters. The third kappa shape index (κ3) is 2.03. The Bertz CT molecular complexity index is 18.0. The van der Waals surface area contributed by atoms with Crippen LogP contribution in [0.15, 0.2) is 0 Å². The summed E-state index contributed by atoms with van der Waals surface area (Å²) in [7, 11) is 1.79. The van der Waals surface area contributed by atoms with Crippen LogP contribution in [0.2, 0.25) is 0 Å². The Kier molecular flexibility index (Phi) is 3.06. The molecule has 0 atom stereocenters. The van der Waals surface area contributed by atoms with Crippen molar-refractivity contribution < 1.29 is 8.58 Å². The van der Waals surface area contributed by atoms with Crippen LogP contribution in [0.3, 0.4) is 0 Å². The minimum atomic E-state index is -0.696. The molecule has 0 rings (SSSR count). The van der Waals surface area contributed by atoms with E-state index in [9.17, 15) is 0 Å². The van der Waals surface area contributed by atoms with Crippen LogP contribution in [0, 0.1) is 0 Å². The Labute approximate surface area is 29.7 Å². The summed E-state index contributed by atoms with van der Waals surface area (Å²) in [6.45, 7) is 0. The van der Waals surface area contributed by atoms with Gasteiger partial charge in [0.2, 0.25) is 0 Å². The highest BCUT2D eigenvalue weighted by Gasteiger charge is 1.58. The molecule has 2 nitrogen and oxygen atoms in total. The van der Waals surface area contributed by atoms with Crippen molar-refractivity contribution in [3.8, 4) is 0 Å². The van der Waals surface area contributed by atoms with Crippen LogP contribution in [-0.4, -0.2) is 20.1 Å². The van der Waals surface area contributed by atoms with Gasteiger partial charge in [0.05, 0.1) is 0 Å². The predicted molar refractivity (Wildman–Crippen MR) is 13.3 cm³/mol. The lowest BCUT2D eigenvalue weighted by Gasteiger charge is -1.63. The zero-order chi connectivity index (χ0) is 3.41. The molecule has 0 amide bonds. The average Bonchev–Trinajstić information content (AvgIpc) is 1.37. The molecule has 0 bridgehead atoms. The number of rotatable bonds is 1. The van der Waals surface area contributed by atoms with Crippen LogP contribution >= 0.6 is 0 Å². The fourth-order valence-corrected chi connectivity index (χ4v) is 0. The van der Waals surface area contributed by atoms with Crippen molar-refractivity contribution in [2.24, 2.45) is 0 Å². The van der Waals surface area contributed by atoms with Crippen LogP contribution in [-0.2, 0) is 8.58 Å². The van der Waals surface area contributed by atoms with Crippen molar-refractivity contribution in [3.05, 3.63) is 0 Å². The first-order valence-electron chi connectivity index (χ1n) is 0.612. The minimum absolute atomic E-state index is 0.696. The van der Waals surface area contributed by atoms with E-state index in [1.165, 1.54) is 0 Å². The summed E-state index contributed by atoms with van der Waals surface area (Å²) in [5.41, 5.74) is 0. The molecule has 0 saturated carbocycles. The summed E-state index contributed by atoms with van der Waals surface area (Å²) in [4.78, 5) is 0. The van der Waals surface area contributed by atoms with Crippen molar-refractivity contribution in [3.63, 3.8) is 0 Å². The van der Waals surface area contributed by atoms with E-state index in [4.69, 9.17) is 4.46 Å². The van der Waals surface area contributed by atoms with Gasteiger partial charge in [0, 0.05) is 0 Å². The SMILES string of the molecule is O=[Si]O[Si]. The zero-order valence-corrected chi connectivity index (χ0v) is 3.82. The van der Waals surface area contributed by atoms with Crippen LogP contribution in [0.25, 0.3) is 0 Å². The van der Waals surface area contributed by atoms with E-state index in [1.54, 1.807) is 0 Å². The Balaban J connectivity index is 2.30. The lowest BCUT2D eigenvalue weighted by molar-refractivity contribution is 0.503. The Morgan fingerprint density at radius 1 is 2.00 bits per heavy atom. The maximum Gasteiger partial charge on any atom is 0.578 e. The molecule has 4 heteroatoms. The summed E-state index contributed by atoms with van der Waals surface area (Å²) < 4.78 is 12.9. The summed E-state index contributed by atoms with van der Waals surface area (Å²) in [5.74, 6) is 0. The molecule has 0 spiro atoms. The van der Waals surface area contributed by atoms with Gasteiger partial charge >= 0.3 is 20.1 Å². The van der Waals surface area contributed by atoms with E-state index in [2.05, 4.69) is 14.6 Å². The molecule has 0 N–H and O–H groups in total. The van der Waals surface area contributed by atoms with Crippen LogP contribution < -0.4 is 0 Å². The molecule has 0 saturated heterocycles. The van der Waals surface area contributed by atoms with Gasteiger partial charge in [0.15, 0.2) is 0 Å². The first-order chi connectivity index (χ1) is 1.91. The van der Waals surface area contributed by atoms with Gasteiger partial charge in [-0.15, -0.1) is 0 Å². The van der Waals surface area contributed by atoms with Crippen LogP contribution in [0.1, 0.15) is 0 Å². The Hall–Kier alpha value is 0.0338. The highest BCUT2D eigenvalue weighted by molar-refractivity contribution is 6.20. The highest BCUT2D eigenvalue weighted by atomic mass is 28.3. The van der Waals surface area contributed by atoms with Gasteiger partial charge < -0.3 is 8.58 Å². The predicted octanol–water partition coefficient (Wildman–Crippen LogP) is -0.949. The molecule has 0 aromatic carbocycles. The van der Waals surface area contributed by atoms with Gasteiger partial charge in [-0.05, 0) is 0 Å². The standard InChI is InChI=1S/O2Si2/c1-4-2-3. The van der Waals surface area contributed by atoms with Crippen molar-refractivity contribution in [2.45, 2.75) is 0 Å². The van der Waals surface area contributed by atoms with E-state index < -0.39 is 9.65 Å². The van der Waals surface area contributed by atoms with Crippen LogP contribution in [0.5, 0.6) is 0 Å². The molecular weight excluding hydrogens is 88.2 g/mol. The fraction of sp³-hybridized carbons (Fsp3) is 0. The second kappa shape index (κ2) is 3.03. The molecule has 0 heterocycles.